The van der Waals surface area contributed by atoms with Crippen LogP contribution in [0.15, 0.2) is 54.6 Å². The first-order valence-corrected chi connectivity index (χ1v) is 11.8. The van der Waals surface area contributed by atoms with Crippen molar-refractivity contribution >= 4 is 22.9 Å². The summed E-state index contributed by atoms with van der Waals surface area (Å²) in [5.41, 5.74) is 3.52. The Morgan fingerprint density at radius 2 is 1.88 bits per heavy atom. The Balaban J connectivity index is 1.36. The molecule has 170 valence electrons. The highest BCUT2D eigenvalue weighted by molar-refractivity contribution is 5.88. The van der Waals surface area contributed by atoms with Crippen LogP contribution in [0.1, 0.15) is 42.5 Å². The highest BCUT2D eigenvalue weighted by atomic mass is 19.1. The molecule has 2 aliphatic rings. The van der Waals surface area contributed by atoms with Crippen LogP contribution in [0.2, 0.25) is 0 Å². The average molecular weight is 445 g/mol. The highest BCUT2D eigenvalue weighted by Gasteiger charge is 2.34. The van der Waals surface area contributed by atoms with Crippen LogP contribution in [-0.2, 0) is 11.4 Å². The second-order valence-electron chi connectivity index (χ2n) is 9.18. The predicted molar refractivity (Wildman–Crippen MR) is 128 cm³/mol. The molecule has 1 saturated heterocycles. The number of aromatic nitrogens is 1. The minimum Gasteiger partial charge on any atom is -0.488 e. The predicted octanol–water partition coefficient (Wildman–Crippen LogP) is 5.92. The number of hydrogen-bond donors (Lipinski definition) is 0. The van der Waals surface area contributed by atoms with Gasteiger partial charge in [0.15, 0.2) is 0 Å². The average Bonchev–Trinajstić information content (AvgIpc) is 3.69. The maximum Gasteiger partial charge on any atom is 0.225 e. The van der Waals surface area contributed by atoms with E-state index >= 15 is 0 Å². The lowest BCUT2D eigenvalue weighted by molar-refractivity contribution is -0.133. The number of ether oxygens (including phenoxy) is 1. The summed E-state index contributed by atoms with van der Waals surface area (Å²) in [6.07, 6.45) is 8.35. The topological polar surface area (TPSA) is 42.4 Å². The summed E-state index contributed by atoms with van der Waals surface area (Å²) in [7, 11) is 0. The molecule has 3 aromatic rings. The summed E-state index contributed by atoms with van der Waals surface area (Å²) in [4.78, 5) is 19.1. The van der Waals surface area contributed by atoms with E-state index in [1.54, 1.807) is 6.07 Å². The van der Waals surface area contributed by atoms with E-state index in [0.717, 1.165) is 61.1 Å². The number of fused-ring (bicyclic) bond motifs is 1. The monoisotopic (exact) mass is 444 g/mol. The van der Waals surface area contributed by atoms with Crippen molar-refractivity contribution in [2.45, 2.75) is 39.2 Å². The van der Waals surface area contributed by atoms with E-state index in [2.05, 4.69) is 12.2 Å². The number of halogens is 1. The zero-order valence-corrected chi connectivity index (χ0v) is 19.0. The normalized spacial score (nSPS) is 17.1. The molecule has 0 unspecified atom stereocenters. The Kier molecular flexibility index (Phi) is 6.12. The molecular weight excluding hydrogens is 415 g/mol. The number of amides is 1. The van der Waals surface area contributed by atoms with E-state index in [0.29, 0.717) is 35.5 Å². The quantitative estimate of drug-likeness (QED) is 0.474. The Labute approximate surface area is 194 Å². The maximum absolute atomic E-state index is 14.0. The minimum atomic E-state index is -0.302. The van der Waals surface area contributed by atoms with Crippen molar-refractivity contribution in [2.24, 2.45) is 11.8 Å². The standard InChI is InChI=1S/C28H29FN2O2/c1-19-25(11-7-20-13-15-31(16-14-20)28(32)22-8-9-22)30-26-12-10-23(29)17-24(26)27(19)33-18-21-5-3-2-4-6-21/h2-7,10-12,17,20,22H,8-9,13-16,18H2,1H3. The lowest BCUT2D eigenvalue weighted by atomic mass is 9.95. The summed E-state index contributed by atoms with van der Waals surface area (Å²) in [6, 6.07) is 14.6. The maximum atomic E-state index is 14.0. The summed E-state index contributed by atoms with van der Waals surface area (Å²) in [6.45, 7) is 4.06. The van der Waals surface area contributed by atoms with Crippen molar-refractivity contribution in [1.29, 1.82) is 0 Å². The Morgan fingerprint density at radius 3 is 2.61 bits per heavy atom. The number of carbonyl (C=O) groups excluding carboxylic acids is 1. The lowest BCUT2D eigenvalue weighted by Gasteiger charge is -2.30. The molecule has 33 heavy (non-hydrogen) atoms. The minimum absolute atomic E-state index is 0.292. The van der Waals surface area contributed by atoms with Crippen molar-refractivity contribution in [3.63, 3.8) is 0 Å². The Bertz CT molecular complexity index is 1180. The number of likely N-dealkylation sites (tertiary alicyclic amines) is 1. The molecule has 0 spiro atoms. The van der Waals surface area contributed by atoms with Crippen LogP contribution in [0.5, 0.6) is 5.75 Å². The Morgan fingerprint density at radius 1 is 1.12 bits per heavy atom. The van der Waals surface area contributed by atoms with Crippen LogP contribution in [-0.4, -0.2) is 28.9 Å². The van der Waals surface area contributed by atoms with Crippen molar-refractivity contribution < 1.29 is 13.9 Å². The van der Waals surface area contributed by atoms with Gasteiger partial charge in [-0.25, -0.2) is 9.37 Å². The van der Waals surface area contributed by atoms with Gasteiger partial charge in [0.2, 0.25) is 5.91 Å². The molecule has 2 heterocycles. The smallest absolute Gasteiger partial charge is 0.225 e. The van der Waals surface area contributed by atoms with Gasteiger partial charge in [0.1, 0.15) is 18.2 Å². The van der Waals surface area contributed by atoms with Crippen LogP contribution >= 0.6 is 0 Å². The van der Waals surface area contributed by atoms with Gasteiger partial charge in [-0.1, -0.05) is 36.4 Å². The van der Waals surface area contributed by atoms with Crippen molar-refractivity contribution in [3.8, 4) is 5.75 Å². The number of pyridine rings is 1. The van der Waals surface area contributed by atoms with Gasteiger partial charge in [-0.2, -0.15) is 0 Å². The van der Waals surface area contributed by atoms with Gasteiger partial charge in [0, 0.05) is 30.0 Å². The third kappa shape index (κ3) is 4.92. The molecule has 2 aromatic carbocycles. The number of benzene rings is 2. The molecule has 0 atom stereocenters. The van der Waals surface area contributed by atoms with E-state index in [4.69, 9.17) is 9.72 Å². The van der Waals surface area contributed by atoms with Crippen LogP contribution in [0.25, 0.3) is 17.0 Å². The summed E-state index contributed by atoms with van der Waals surface area (Å²) in [5.74, 6) is 1.43. The van der Waals surface area contributed by atoms with E-state index in [1.807, 2.05) is 42.2 Å². The molecule has 2 fully saturated rings. The number of nitrogens with zero attached hydrogens (tertiary/aromatic N) is 2. The van der Waals surface area contributed by atoms with Crippen molar-refractivity contribution in [1.82, 2.24) is 9.88 Å². The highest BCUT2D eigenvalue weighted by Crippen LogP contribution is 2.34. The van der Waals surface area contributed by atoms with Crippen LogP contribution in [0, 0.1) is 24.6 Å². The van der Waals surface area contributed by atoms with E-state index in [1.165, 1.54) is 12.1 Å². The molecule has 1 aliphatic carbocycles. The molecule has 0 N–H and O–H groups in total. The fourth-order valence-electron chi connectivity index (χ4n) is 4.53. The van der Waals surface area contributed by atoms with Gasteiger partial charge >= 0.3 is 0 Å². The number of allylic oxidation sites excluding steroid dienone is 1. The molecule has 5 rings (SSSR count). The van der Waals surface area contributed by atoms with Gasteiger partial charge < -0.3 is 9.64 Å². The molecule has 1 saturated carbocycles. The second-order valence-corrected chi connectivity index (χ2v) is 9.18. The fraction of sp³-hybridized carbons (Fsp3) is 0.357. The molecule has 1 amide bonds. The second kappa shape index (κ2) is 9.34. The van der Waals surface area contributed by atoms with E-state index in [9.17, 15) is 9.18 Å². The Hall–Kier alpha value is -3.21. The molecule has 1 aliphatic heterocycles. The fourth-order valence-corrected chi connectivity index (χ4v) is 4.53. The first kappa shape index (κ1) is 21.6. The molecule has 5 heteroatoms. The van der Waals surface area contributed by atoms with Gasteiger partial charge in [-0.15, -0.1) is 0 Å². The molecular formula is C28H29FN2O2. The zero-order valence-electron chi connectivity index (χ0n) is 19.0. The summed E-state index contributed by atoms with van der Waals surface area (Å²) >= 11 is 0. The summed E-state index contributed by atoms with van der Waals surface area (Å²) in [5, 5.41) is 0.687. The first-order chi connectivity index (χ1) is 16.1. The van der Waals surface area contributed by atoms with Crippen LogP contribution in [0.3, 0.4) is 0 Å². The van der Waals surface area contributed by atoms with Gasteiger partial charge in [-0.3, -0.25) is 4.79 Å². The summed E-state index contributed by atoms with van der Waals surface area (Å²) < 4.78 is 20.2. The molecule has 1 aromatic heterocycles. The van der Waals surface area contributed by atoms with Crippen LogP contribution in [0.4, 0.5) is 4.39 Å². The van der Waals surface area contributed by atoms with Gasteiger partial charge in [-0.05, 0) is 68.4 Å². The van der Waals surface area contributed by atoms with Crippen molar-refractivity contribution in [3.05, 3.63) is 77.2 Å². The molecule has 0 radical (unpaired) electrons. The molecule has 4 nitrogen and oxygen atoms in total. The van der Waals surface area contributed by atoms with Crippen LogP contribution < -0.4 is 4.74 Å². The lowest BCUT2D eigenvalue weighted by Crippen LogP contribution is -2.38. The largest absolute Gasteiger partial charge is 0.488 e. The third-order valence-corrected chi connectivity index (χ3v) is 6.70. The zero-order chi connectivity index (χ0) is 22.8. The third-order valence-electron chi connectivity index (χ3n) is 6.70. The van der Waals surface area contributed by atoms with E-state index < -0.39 is 0 Å². The SMILES string of the molecule is Cc1c(C=CC2CCN(C(=O)C3CC3)CC2)nc2ccc(F)cc2c1OCc1ccccc1. The number of hydrogen-bond acceptors (Lipinski definition) is 3. The number of piperidine rings is 1. The molecule has 0 bridgehead atoms. The van der Waals surface area contributed by atoms with Crippen molar-refractivity contribution in [2.75, 3.05) is 13.1 Å². The first-order valence-electron chi connectivity index (χ1n) is 11.8. The van der Waals surface area contributed by atoms with Gasteiger partial charge in [0.25, 0.3) is 0 Å². The van der Waals surface area contributed by atoms with Gasteiger partial charge in [0.05, 0.1) is 11.2 Å². The van der Waals surface area contributed by atoms with E-state index in [-0.39, 0.29) is 5.82 Å². The number of carbonyl (C=O) groups is 1. The number of rotatable bonds is 6.